The monoisotopic (exact) mass is 414 g/mol. The topological polar surface area (TPSA) is 58.9 Å². The molecule has 0 spiro atoms. The van der Waals surface area contributed by atoms with Crippen LogP contribution < -0.4 is 9.47 Å². The largest absolute Gasteiger partial charge is 0.490 e. The summed E-state index contributed by atoms with van der Waals surface area (Å²) >= 11 is 0. The highest BCUT2D eigenvalue weighted by Crippen LogP contribution is 2.37. The summed E-state index contributed by atoms with van der Waals surface area (Å²) < 4.78 is 12.1. The summed E-state index contributed by atoms with van der Waals surface area (Å²) in [4.78, 5) is 0. The van der Waals surface area contributed by atoms with Crippen LogP contribution in [-0.2, 0) is 0 Å². The molecule has 0 fully saturated rings. The van der Waals surface area contributed by atoms with E-state index in [0.29, 0.717) is 5.75 Å². The van der Waals surface area contributed by atoms with Gasteiger partial charge < -0.3 is 19.7 Å². The van der Waals surface area contributed by atoms with Crippen LogP contribution in [-0.4, -0.2) is 23.4 Å². The molecule has 0 saturated carbocycles. The number of hydrogen-bond donors (Lipinski definition) is 2. The first-order chi connectivity index (χ1) is 15.1. The normalized spacial score (nSPS) is 13.0. The van der Waals surface area contributed by atoms with E-state index in [0.717, 1.165) is 33.2 Å². The second-order valence-corrected chi connectivity index (χ2v) is 7.54. The van der Waals surface area contributed by atoms with Crippen molar-refractivity contribution in [2.45, 2.75) is 19.1 Å². The molecule has 4 aromatic carbocycles. The van der Waals surface area contributed by atoms with Crippen LogP contribution in [0.4, 0.5) is 0 Å². The minimum absolute atomic E-state index is 0.153. The molecule has 0 aliphatic rings. The highest BCUT2D eigenvalue weighted by molar-refractivity contribution is 5.94. The molecular formula is C27H26O4. The van der Waals surface area contributed by atoms with Gasteiger partial charge in [0.25, 0.3) is 0 Å². The highest BCUT2D eigenvalue weighted by Gasteiger charge is 2.16. The predicted octanol–water partition coefficient (Wildman–Crippen LogP) is 5.37. The maximum Gasteiger partial charge on any atom is 0.130 e. The molecular weight excluding hydrogens is 388 g/mol. The second-order valence-electron chi connectivity index (χ2n) is 7.54. The van der Waals surface area contributed by atoms with Gasteiger partial charge >= 0.3 is 0 Å². The van der Waals surface area contributed by atoms with Gasteiger partial charge in [0.05, 0.1) is 0 Å². The van der Waals surface area contributed by atoms with E-state index < -0.39 is 12.2 Å². The Morgan fingerprint density at radius 1 is 0.645 bits per heavy atom. The summed E-state index contributed by atoms with van der Waals surface area (Å²) in [7, 11) is 0. The van der Waals surface area contributed by atoms with E-state index >= 15 is 0 Å². The third-order valence-corrected chi connectivity index (χ3v) is 5.29. The highest BCUT2D eigenvalue weighted by atomic mass is 16.5. The molecule has 0 saturated heterocycles. The van der Waals surface area contributed by atoms with Crippen LogP contribution in [0.3, 0.4) is 0 Å². The lowest BCUT2D eigenvalue weighted by Crippen LogP contribution is -2.11. The van der Waals surface area contributed by atoms with Crippen molar-refractivity contribution in [1.29, 1.82) is 0 Å². The Labute approximate surface area is 182 Å². The second kappa shape index (κ2) is 9.65. The number of benzene rings is 4. The summed E-state index contributed by atoms with van der Waals surface area (Å²) in [5, 5.41) is 22.7. The number of hydrogen-bond acceptors (Lipinski definition) is 4. The molecule has 2 atom stereocenters. The fraction of sp³-hybridized carbons (Fsp3) is 0.185. The van der Waals surface area contributed by atoms with Crippen molar-refractivity contribution in [2.24, 2.45) is 0 Å². The van der Waals surface area contributed by atoms with Crippen molar-refractivity contribution in [3.05, 3.63) is 108 Å². The molecule has 158 valence electrons. The fourth-order valence-corrected chi connectivity index (χ4v) is 3.63. The first-order valence-corrected chi connectivity index (χ1v) is 10.4. The first-order valence-electron chi connectivity index (χ1n) is 10.4. The number of aliphatic hydroxyl groups is 2. The molecule has 2 unspecified atom stereocenters. The maximum atomic E-state index is 10.5. The summed E-state index contributed by atoms with van der Waals surface area (Å²) in [6.45, 7) is 2.26. The van der Waals surface area contributed by atoms with Crippen molar-refractivity contribution in [3.63, 3.8) is 0 Å². The van der Waals surface area contributed by atoms with Gasteiger partial charge in [-0.3, -0.25) is 0 Å². The lowest BCUT2D eigenvalue weighted by atomic mass is 10.0. The Balaban J connectivity index is 1.54. The zero-order valence-electron chi connectivity index (χ0n) is 17.4. The number of aliphatic hydroxyl groups excluding tert-OH is 2. The van der Waals surface area contributed by atoms with Crippen LogP contribution in [0.5, 0.6) is 11.5 Å². The van der Waals surface area contributed by atoms with Gasteiger partial charge in [0.1, 0.15) is 36.9 Å². The molecule has 4 nitrogen and oxygen atoms in total. The van der Waals surface area contributed by atoms with Crippen molar-refractivity contribution >= 4 is 10.8 Å². The van der Waals surface area contributed by atoms with E-state index in [1.807, 2.05) is 97.9 Å². The number of ether oxygens (including phenoxy) is 2. The Kier molecular flexibility index (Phi) is 6.51. The summed E-state index contributed by atoms with van der Waals surface area (Å²) in [5.74, 6) is 1.42. The number of fused-ring (bicyclic) bond motifs is 1. The van der Waals surface area contributed by atoms with Crippen LogP contribution in [0.25, 0.3) is 10.8 Å². The Hall–Kier alpha value is -3.34. The Morgan fingerprint density at radius 2 is 1.13 bits per heavy atom. The Morgan fingerprint density at radius 3 is 1.71 bits per heavy atom. The smallest absolute Gasteiger partial charge is 0.130 e. The van der Waals surface area contributed by atoms with Gasteiger partial charge in [-0.05, 0) is 29.7 Å². The standard InChI is InChI=1S/C27H26O4/c1-19-16-26(30-17-24(28)20-10-4-2-5-11-20)22-14-8-9-15-23(22)27(19)31-18-25(29)21-12-6-3-7-13-21/h2-16,24-25,28-29H,17-18H2,1H3. The summed E-state index contributed by atoms with van der Waals surface area (Å²) in [5.41, 5.74) is 2.54. The van der Waals surface area contributed by atoms with Crippen LogP contribution in [0, 0.1) is 6.92 Å². The number of rotatable bonds is 8. The molecule has 4 rings (SSSR count). The maximum absolute atomic E-state index is 10.5. The van der Waals surface area contributed by atoms with E-state index in [-0.39, 0.29) is 13.2 Å². The van der Waals surface area contributed by atoms with Crippen LogP contribution in [0.15, 0.2) is 91.0 Å². The van der Waals surface area contributed by atoms with Crippen molar-refractivity contribution < 1.29 is 19.7 Å². The molecule has 0 aliphatic heterocycles. The molecule has 0 heterocycles. The van der Waals surface area contributed by atoms with E-state index in [4.69, 9.17) is 9.47 Å². The first kappa shape index (κ1) is 20.9. The quantitative estimate of drug-likeness (QED) is 0.407. The van der Waals surface area contributed by atoms with Gasteiger partial charge in [-0.15, -0.1) is 0 Å². The molecule has 31 heavy (non-hydrogen) atoms. The van der Waals surface area contributed by atoms with Gasteiger partial charge in [0, 0.05) is 10.8 Å². The van der Waals surface area contributed by atoms with Crippen LogP contribution in [0.2, 0.25) is 0 Å². The van der Waals surface area contributed by atoms with E-state index in [2.05, 4.69) is 0 Å². The average molecular weight is 415 g/mol. The molecule has 2 N–H and O–H groups in total. The molecule has 0 amide bonds. The summed E-state index contributed by atoms with van der Waals surface area (Å²) in [6.07, 6.45) is -1.42. The van der Waals surface area contributed by atoms with Crippen molar-refractivity contribution in [2.75, 3.05) is 13.2 Å². The lowest BCUT2D eigenvalue weighted by Gasteiger charge is -2.19. The molecule has 0 radical (unpaired) electrons. The zero-order valence-corrected chi connectivity index (χ0v) is 17.4. The Bertz CT molecular complexity index is 1130. The van der Waals surface area contributed by atoms with Gasteiger partial charge in [-0.2, -0.15) is 0 Å². The average Bonchev–Trinajstić information content (AvgIpc) is 2.82. The molecule has 4 heteroatoms. The zero-order chi connectivity index (χ0) is 21.6. The number of aryl methyl sites for hydroxylation is 1. The minimum atomic E-state index is -0.712. The van der Waals surface area contributed by atoms with Crippen molar-refractivity contribution in [3.8, 4) is 11.5 Å². The third-order valence-electron chi connectivity index (χ3n) is 5.29. The molecule has 0 bridgehead atoms. The van der Waals surface area contributed by atoms with Crippen LogP contribution in [0.1, 0.15) is 28.9 Å². The molecule has 4 aromatic rings. The van der Waals surface area contributed by atoms with Gasteiger partial charge in [0.2, 0.25) is 0 Å². The van der Waals surface area contributed by atoms with Crippen LogP contribution >= 0.6 is 0 Å². The molecule has 0 aromatic heterocycles. The van der Waals surface area contributed by atoms with E-state index in [1.165, 1.54) is 0 Å². The van der Waals surface area contributed by atoms with E-state index in [9.17, 15) is 10.2 Å². The van der Waals surface area contributed by atoms with Gasteiger partial charge in [-0.25, -0.2) is 0 Å². The lowest BCUT2D eigenvalue weighted by molar-refractivity contribution is 0.107. The van der Waals surface area contributed by atoms with Gasteiger partial charge in [0.15, 0.2) is 0 Å². The SMILES string of the molecule is Cc1cc(OCC(O)c2ccccc2)c2ccccc2c1OCC(O)c1ccccc1. The minimum Gasteiger partial charge on any atom is -0.490 e. The predicted molar refractivity (Wildman–Crippen MR) is 122 cm³/mol. The fourth-order valence-electron chi connectivity index (χ4n) is 3.63. The van der Waals surface area contributed by atoms with E-state index in [1.54, 1.807) is 0 Å². The summed E-state index contributed by atoms with van der Waals surface area (Å²) in [6, 6.07) is 28.7. The third kappa shape index (κ3) is 4.88. The van der Waals surface area contributed by atoms with Gasteiger partial charge in [-0.1, -0.05) is 84.9 Å². The van der Waals surface area contributed by atoms with Crippen molar-refractivity contribution in [1.82, 2.24) is 0 Å². The molecule has 0 aliphatic carbocycles.